The number of hydrogen-bond donors (Lipinski definition) is 3. The number of hydrogen-bond acceptors (Lipinski definition) is 4. The SMILES string of the molecule is CC(O)[C@](CN)(C(=O)O)C(=O)c1ccccc1. The lowest BCUT2D eigenvalue weighted by molar-refractivity contribution is -0.150. The van der Waals surface area contributed by atoms with Gasteiger partial charge in [0, 0.05) is 12.1 Å². The van der Waals surface area contributed by atoms with Crippen molar-refractivity contribution in [3.63, 3.8) is 0 Å². The number of carboxylic acid groups (broad SMARTS) is 1. The van der Waals surface area contributed by atoms with Crippen LogP contribution in [0, 0.1) is 5.41 Å². The lowest BCUT2D eigenvalue weighted by atomic mass is 9.76. The minimum atomic E-state index is -1.98. The minimum absolute atomic E-state index is 0.223. The Hall–Kier alpha value is -1.72. The zero-order valence-corrected chi connectivity index (χ0v) is 9.46. The topological polar surface area (TPSA) is 101 Å². The molecule has 1 aromatic carbocycles. The summed E-state index contributed by atoms with van der Waals surface area (Å²) in [7, 11) is 0. The van der Waals surface area contributed by atoms with E-state index >= 15 is 0 Å². The van der Waals surface area contributed by atoms with E-state index in [1.165, 1.54) is 19.1 Å². The standard InChI is InChI=1S/C12H15NO4/c1-8(14)12(7-13,11(16)17)10(15)9-5-3-2-4-6-9/h2-6,8,14H,7,13H2,1H3,(H,16,17)/t8?,12-/m0/s1. The number of Topliss-reactive ketones (excluding diaryl/α,β-unsaturated/α-hetero) is 1. The Balaban J connectivity index is 3.26. The Labute approximate surface area is 98.9 Å². The van der Waals surface area contributed by atoms with Gasteiger partial charge in [-0.25, -0.2) is 0 Å². The molecular weight excluding hydrogens is 222 g/mol. The molecule has 0 radical (unpaired) electrons. The molecule has 0 aliphatic rings. The Morgan fingerprint density at radius 2 is 1.88 bits per heavy atom. The Bertz CT molecular complexity index is 416. The predicted molar refractivity (Wildman–Crippen MR) is 61.6 cm³/mol. The van der Waals surface area contributed by atoms with Gasteiger partial charge in [-0.05, 0) is 6.92 Å². The average molecular weight is 237 g/mol. The molecule has 1 aromatic rings. The highest BCUT2D eigenvalue weighted by atomic mass is 16.4. The fraction of sp³-hybridized carbons (Fsp3) is 0.333. The third kappa shape index (κ3) is 2.20. The molecule has 0 spiro atoms. The van der Waals surface area contributed by atoms with Gasteiger partial charge in [0.05, 0.1) is 6.10 Å². The number of carboxylic acids is 1. The molecule has 0 saturated heterocycles. The van der Waals surface area contributed by atoms with Crippen LogP contribution < -0.4 is 5.73 Å². The third-order valence-corrected chi connectivity index (χ3v) is 2.86. The van der Waals surface area contributed by atoms with E-state index in [0.717, 1.165) is 0 Å². The lowest BCUT2D eigenvalue weighted by Crippen LogP contribution is -2.53. The van der Waals surface area contributed by atoms with Crippen molar-refractivity contribution in [2.24, 2.45) is 11.1 Å². The summed E-state index contributed by atoms with van der Waals surface area (Å²) in [4.78, 5) is 23.4. The zero-order chi connectivity index (χ0) is 13.1. The van der Waals surface area contributed by atoms with Gasteiger partial charge in [0.15, 0.2) is 11.2 Å². The van der Waals surface area contributed by atoms with Crippen LogP contribution in [0.25, 0.3) is 0 Å². The van der Waals surface area contributed by atoms with Crippen molar-refractivity contribution < 1.29 is 19.8 Å². The Kier molecular flexibility index (Phi) is 3.98. The van der Waals surface area contributed by atoms with E-state index in [2.05, 4.69) is 0 Å². The molecule has 0 amide bonds. The molecule has 92 valence electrons. The van der Waals surface area contributed by atoms with Crippen LogP contribution in [0.4, 0.5) is 0 Å². The van der Waals surface area contributed by atoms with E-state index in [9.17, 15) is 14.7 Å². The molecule has 0 saturated carbocycles. The van der Waals surface area contributed by atoms with Gasteiger partial charge in [-0.2, -0.15) is 0 Å². The molecular formula is C12H15NO4. The zero-order valence-electron chi connectivity index (χ0n) is 9.46. The largest absolute Gasteiger partial charge is 0.480 e. The molecule has 17 heavy (non-hydrogen) atoms. The van der Waals surface area contributed by atoms with Crippen LogP contribution in [0.15, 0.2) is 30.3 Å². The van der Waals surface area contributed by atoms with Gasteiger partial charge in [-0.3, -0.25) is 9.59 Å². The average Bonchev–Trinajstić information content (AvgIpc) is 2.30. The van der Waals surface area contributed by atoms with Crippen LogP contribution in [0.5, 0.6) is 0 Å². The number of ketones is 1. The van der Waals surface area contributed by atoms with E-state index in [1.807, 2.05) is 0 Å². The Morgan fingerprint density at radius 1 is 1.35 bits per heavy atom. The van der Waals surface area contributed by atoms with Gasteiger partial charge >= 0.3 is 5.97 Å². The van der Waals surface area contributed by atoms with Crippen molar-refractivity contribution in [2.45, 2.75) is 13.0 Å². The Morgan fingerprint density at radius 3 is 2.24 bits per heavy atom. The summed E-state index contributed by atoms with van der Waals surface area (Å²) in [5, 5.41) is 18.7. The molecule has 0 heterocycles. The van der Waals surface area contributed by atoms with E-state index in [0.29, 0.717) is 0 Å². The highest BCUT2D eigenvalue weighted by molar-refractivity contribution is 6.12. The van der Waals surface area contributed by atoms with E-state index < -0.39 is 29.8 Å². The van der Waals surface area contributed by atoms with Crippen LogP contribution in [0.3, 0.4) is 0 Å². The van der Waals surface area contributed by atoms with Crippen LogP contribution in [-0.4, -0.2) is 34.6 Å². The van der Waals surface area contributed by atoms with Crippen molar-refractivity contribution in [2.75, 3.05) is 6.54 Å². The van der Waals surface area contributed by atoms with Gasteiger partial charge in [0.1, 0.15) is 0 Å². The van der Waals surface area contributed by atoms with Crippen molar-refractivity contribution in [3.05, 3.63) is 35.9 Å². The van der Waals surface area contributed by atoms with Crippen LogP contribution in [-0.2, 0) is 4.79 Å². The second-order valence-corrected chi connectivity index (χ2v) is 3.85. The number of aliphatic carboxylic acids is 1. The summed E-state index contributed by atoms with van der Waals surface area (Å²) >= 11 is 0. The molecule has 2 atom stereocenters. The molecule has 0 fully saturated rings. The second kappa shape index (κ2) is 5.07. The number of benzene rings is 1. The normalized spacial score (nSPS) is 15.9. The molecule has 1 rings (SSSR count). The van der Waals surface area contributed by atoms with Gasteiger partial charge < -0.3 is 15.9 Å². The first-order valence-electron chi connectivity index (χ1n) is 5.18. The quantitative estimate of drug-likeness (QED) is 0.504. The van der Waals surface area contributed by atoms with Gasteiger partial charge in [0.25, 0.3) is 0 Å². The summed E-state index contributed by atoms with van der Waals surface area (Å²) in [6, 6.07) is 7.96. The summed E-state index contributed by atoms with van der Waals surface area (Å²) < 4.78 is 0. The fourth-order valence-electron chi connectivity index (χ4n) is 1.66. The molecule has 0 bridgehead atoms. The molecule has 0 aliphatic carbocycles. The number of aliphatic hydroxyl groups is 1. The highest BCUT2D eigenvalue weighted by Gasteiger charge is 2.49. The van der Waals surface area contributed by atoms with Crippen molar-refractivity contribution >= 4 is 11.8 Å². The van der Waals surface area contributed by atoms with E-state index in [4.69, 9.17) is 10.8 Å². The number of nitrogens with two attached hydrogens (primary N) is 1. The lowest BCUT2D eigenvalue weighted by Gasteiger charge is -2.29. The van der Waals surface area contributed by atoms with Crippen molar-refractivity contribution in [1.82, 2.24) is 0 Å². The number of aliphatic hydroxyl groups excluding tert-OH is 1. The number of carbonyl (C=O) groups is 2. The molecule has 0 aliphatic heterocycles. The fourth-order valence-corrected chi connectivity index (χ4v) is 1.66. The first-order chi connectivity index (χ1) is 7.96. The van der Waals surface area contributed by atoms with Crippen molar-refractivity contribution in [3.8, 4) is 0 Å². The van der Waals surface area contributed by atoms with Gasteiger partial charge in [0.2, 0.25) is 0 Å². The number of carbonyl (C=O) groups excluding carboxylic acids is 1. The second-order valence-electron chi connectivity index (χ2n) is 3.85. The van der Waals surface area contributed by atoms with Crippen LogP contribution in [0.2, 0.25) is 0 Å². The smallest absolute Gasteiger partial charge is 0.321 e. The maximum absolute atomic E-state index is 12.2. The maximum Gasteiger partial charge on any atom is 0.321 e. The summed E-state index contributed by atoms with van der Waals surface area (Å²) in [6.45, 7) is 0.801. The summed E-state index contributed by atoms with van der Waals surface area (Å²) in [6.07, 6.45) is -1.36. The molecule has 5 heteroatoms. The number of rotatable bonds is 5. The monoisotopic (exact) mass is 237 g/mol. The minimum Gasteiger partial charge on any atom is -0.480 e. The highest BCUT2D eigenvalue weighted by Crippen LogP contribution is 2.27. The maximum atomic E-state index is 12.2. The van der Waals surface area contributed by atoms with Crippen LogP contribution >= 0.6 is 0 Å². The molecule has 5 nitrogen and oxygen atoms in total. The summed E-state index contributed by atoms with van der Waals surface area (Å²) in [5.41, 5.74) is 3.62. The molecule has 1 unspecified atom stereocenters. The first kappa shape index (κ1) is 13.3. The van der Waals surface area contributed by atoms with Crippen molar-refractivity contribution in [1.29, 1.82) is 0 Å². The molecule has 0 aromatic heterocycles. The summed E-state index contributed by atoms with van der Waals surface area (Å²) in [5.74, 6) is -2.09. The van der Waals surface area contributed by atoms with E-state index in [1.54, 1.807) is 18.2 Å². The first-order valence-corrected chi connectivity index (χ1v) is 5.18. The van der Waals surface area contributed by atoms with Gasteiger partial charge in [-0.1, -0.05) is 30.3 Å². The third-order valence-electron chi connectivity index (χ3n) is 2.86. The molecule has 4 N–H and O–H groups in total. The van der Waals surface area contributed by atoms with Gasteiger partial charge in [-0.15, -0.1) is 0 Å². The van der Waals surface area contributed by atoms with E-state index in [-0.39, 0.29) is 5.56 Å². The van der Waals surface area contributed by atoms with Crippen LogP contribution in [0.1, 0.15) is 17.3 Å². The predicted octanol–water partition coefficient (Wildman–Crippen LogP) is 0.280.